The molecular weight excluding hydrogens is 913 g/mol. The second kappa shape index (κ2) is 37.3. The molecule has 3 rings (SSSR count). The zero-order valence-electron chi connectivity index (χ0n) is 43.5. The van der Waals surface area contributed by atoms with Gasteiger partial charge in [0.05, 0.1) is 56.4 Å². The monoisotopic (exact) mass is 999 g/mol. The maximum atomic E-state index is 11.1. The van der Waals surface area contributed by atoms with Crippen molar-refractivity contribution in [2.45, 2.75) is 173 Å². The van der Waals surface area contributed by atoms with Crippen molar-refractivity contribution in [2.24, 2.45) is 0 Å². The Labute approximate surface area is 430 Å². The predicted molar refractivity (Wildman–Crippen MR) is 288 cm³/mol. The Kier molecular flexibility index (Phi) is 31.6. The largest absolute Gasteiger partial charge is 0.494 e. The number of unbranched alkanes of at least 4 members (excludes halogenated alkanes) is 21. The van der Waals surface area contributed by atoms with Crippen molar-refractivity contribution >= 4 is 34.6 Å². The molecule has 0 amide bonds. The van der Waals surface area contributed by atoms with E-state index in [0.29, 0.717) is 62.8 Å². The molecule has 3 aromatic rings. The molecule has 0 aliphatic rings. The van der Waals surface area contributed by atoms with Gasteiger partial charge in [-0.25, -0.2) is 14.4 Å². The quantitative estimate of drug-likeness (QED) is 0.0279. The maximum Gasteiger partial charge on any atom is 0.335 e. The van der Waals surface area contributed by atoms with Gasteiger partial charge in [0.1, 0.15) is 17.2 Å². The van der Waals surface area contributed by atoms with E-state index in [4.69, 9.17) is 43.7 Å². The number of ether oxygens (including phenoxy) is 6. The van der Waals surface area contributed by atoms with Crippen LogP contribution in [0.5, 0.6) is 17.2 Å². The molecule has 72 heavy (non-hydrogen) atoms. The van der Waals surface area contributed by atoms with E-state index in [0.717, 1.165) is 94.3 Å². The van der Waals surface area contributed by atoms with Gasteiger partial charge in [-0.1, -0.05) is 179 Å². The molecular formula is C60H86O12. The molecule has 0 atom stereocenters. The normalized spacial score (nSPS) is 11.3. The van der Waals surface area contributed by atoms with Gasteiger partial charge in [0, 0.05) is 6.42 Å². The van der Waals surface area contributed by atoms with Gasteiger partial charge in [-0.15, -0.1) is 0 Å². The van der Waals surface area contributed by atoms with Crippen molar-refractivity contribution in [1.29, 1.82) is 0 Å². The topological polar surface area (TPSA) is 167 Å². The van der Waals surface area contributed by atoms with Crippen molar-refractivity contribution in [2.75, 3.05) is 39.6 Å². The first-order valence-electron chi connectivity index (χ1n) is 26.8. The highest BCUT2D eigenvalue weighted by Crippen LogP contribution is 2.25. The van der Waals surface area contributed by atoms with Crippen LogP contribution in [0.1, 0.15) is 184 Å². The second-order valence-electron chi connectivity index (χ2n) is 18.5. The summed E-state index contributed by atoms with van der Waals surface area (Å²) in [5.41, 5.74) is 1.98. The van der Waals surface area contributed by atoms with Crippen LogP contribution in [0, 0.1) is 0 Å². The lowest BCUT2D eigenvalue weighted by Crippen LogP contribution is -2.39. The standard InChI is InChI=1S/C60H86O12/c1-5-60(70-45-27-21-15-9-6-12-18-24-42-67-54-36-30-51(31-37-54)48(2)57(61)62,71-46-28-22-16-10-7-13-19-25-43-68-55-38-32-52(33-39-55)49(3)58(63)64)72-47-29-23-17-11-8-14-20-26-44-69-56-40-34-53(35-41-56)50(4)59(65)66/h30-41H,2-29,42-47H2,1H3,(H,61,62)(H,63,64)(H,65,66). The molecule has 0 fully saturated rings. The smallest absolute Gasteiger partial charge is 0.335 e. The summed E-state index contributed by atoms with van der Waals surface area (Å²) in [6, 6.07) is 21.1. The molecule has 0 saturated carbocycles. The van der Waals surface area contributed by atoms with E-state index >= 15 is 0 Å². The molecule has 0 radical (unpaired) electrons. The number of carbonyl (C=O) groups is 3. The lowest BCUT2D eigenvalue weighted by atomic mass is 10.1. The Morgan fingerprint density at radius 2 is 0.542 bits per heavy atom. The third kappa shape index (κ3) is 26.3. The van der Waals surface area contributed by atoms with Crippen LogP contribution in [-0.2, 0) is 28.6 Å². The van der Waals surface area contributed by atoms with Crippen molar-refractivity contribution in [1.82, 2.24) is 0 Å². The van der Waals surface area contributed by atoms with Crippen LogP contribution in [0.25, 0.3) is 16.7 Å². The van der Waals surface area contributed by atoms with Crippen LogP contribution in [0.4, 0.5) is 0 Å². The molecule has 3 N–H and O–H groups in total. The first kappa shape index (κ1) is 60.9. The molecule has 12 nitrogen and oxygen atoms in total. The van der Waals surface area contributed by atoms with Gasteiger partial charge in [-0.3, -0.25) is 0 Å². The molecule has 398 valence electrons. The summed E-state index contributed by atoms with van der Waals surface area (Å²) in [5.74, 6) is -1.85. The molecule has 0 unspecified atom stereocenters. The number of hydrogen-bond acceptors (Lipinski definition) is 9. The van der Waals surface area contributed by atoms with Crippen molar-refractivity contribution < 1.29 is 58.1 Å². The predicted octanol–water partition coefficient (Wildman–Crippen LogP) is 15.0. The lowest BCUT2D eigenvalue weighted by molar-refractivity contribution is -0.382. The van der Waals surface area contributed by atoms with E-state index in [1.54, 1.807) is 72.8 Å². The van der Waals surface area contributed by atoms with Crippen LogP contribution in [0.3, 0.4) is 0 Å². The van der Waals surface area contributed by atoms with Crippen LogP contribution >= 0.6 is 0 Å². The summed E-state index contributed by atoms with van der Waals surface area (Å²) in [4.78, 5) is 33.3. The highest BCUT2D eigenvalue weighted by molar-refractivity contribution is 6.15. The fourth-order valence-electron chi connectivity index (χ4n) is 8.11. The highest BCUT2D eigenvalue weighted by atomic mass is 16.9. The second-order valence-corrected chi connectivity index (χ2v) is 18.5. The number of rotatable bonds is 46. The molecule has 0 aliphatic heterocycles. The Morgan fingerprint density at radius 3 is 0.736 bits per heavy atom. The van der Waals surface area contributed by atoms with Crippen LogP contribution in [-0.4, -0.2) is 78.8 Å². The van der Waals surface area contributed by atoms with Gasteiger partial charge in [0.2, 0.25) is 0 Å². The van der Waals surface area contributed by atoms with Crippen molar-refractivity contribution in [3.8, 4) is 17.2 Å². The molecule has 0 aliphatic carbocycles. The minimum absolute atomic E-state index is 0.0755. The minimum Gasteiger partial charge on any atom is -0.494 e. The van der Waals surface area contributed by atoms with Gasteiger partial charge in [-0.2, -0.15) is 0 Å². The van der Waals surface area contributed by atoms with Crippen LogP contribution in [0.15, 0.2) is 92.5 Å². The number of carboxylic acid groups (broad SMARTS) is 3. The summed E-state index contributed by atoms with van der Waals surface area (Å²) in [6.07, 6.45) is 27.3. The number of hydrogen-bond donors (Lipinski definition) is 3. The molecule has 0 spiro atoms. The lowest BCUT2D eigenvalue weighted by Gasteiger charge is -2.32. The summed E-state index contributed by atoms with van der Waals surface area (Å²) in [5, 5.41) is 27.3. The first-order valence-corrected chi connectivity index (χ1v) is 26.8. The molecule has 0 heterocycles. The summed E-state index contributed by atoms with van der Waals surface area (Å²) in [6.45, 7) is 16.6. The van der Waals surface area contributed by atoms with Crippen LogP contribution in [0.2, 0.25) is 0 Å². The van der Waals surface area contributed by atoms with E-state index in [2.05, 4.69) is 26.7 Å². The number of benzene rings is 3. The highest BCUT2D eigenvalue weighted by Gasteiger charge is 2.31. The Morgan fingerprint density at radius 1 is 0.347 bits per heavy atom. The summed E-state index contributed by atoms with van der Waals surface area (Å²) >= 11 is 0. The molecule has 0 saturated heterocycles. The summed E-state index contributed by atoms with van der Waals surface area (Å²) in [7, 11) is 0. The van der Waals surface area contributed by atoms with Gasteiger partial charge in [-0.05, 0) is 91.6 Å². The summed E-state index contributed by atoms with van der Waals surface area (Å²) < 4.78 is 36.8. The number of carboxylic acids is 3. The molecule has 3 aromatic carbocycles. The Hall–Kier alpha value is -5.43. The minimum atomic E-state index is -1.02. The fraction of sp³-hybridized carbons (Fsp3) is 0.550. The van der Waals surface area contributed by atoms with E-state index < -0.39 is 23.9 Å². The van der Waals surface area contributed by atoms with Gasteiger partial charge in [0.25, 0.3) is 5.97 Å². The van der Waals surface area contributed by atoms with Crippen molar-refractivity contribution in [3.05, 3.63) is 109 Å². The van der Waals surface area contributed by atoms with Gasteiger partial charge in [0.15, 0.2) is 0 Å². The third-order valence-electron chi connectivity index (χ3n) is 12.7. The Bertz CT molecular complexity index is 1760. The average Bonchev–Trinajstić information content (AvgIpc) is 3.39. The molecule has 0 bridgehead atoms. The zero-order valence-corrected chi connectivity index (χ0v) is 43.5. The number of aliphatic carboxylic acids is 3. The van der Waals surface area contributed by atoms with Crippen molar-refractivity contribution in [3.63, 3.8) is 0 Å². The van der Waals surface area contributed by atoms with E-state index in [9.17, 15) is 14.4 Å². The fourth-order valence-corrected chi connectivity index (χ4v) is 8.11. The first-order chi connectivity index (χ1) is 34.9. The third-order valence-corrected chi connectivity index (χ3v) is 12.7. The van der Waals surface area contributed by atoms with Crippen LogP contribution < -0.4 is 14.2 Å². The van der Waals surface area contributed by atoms with E-state index in [-0.39, 0.29) is 16.7 Å². The molecule has 0 aromatic heterocycles. The molecule has 12 heteroatoms. The SMILES string of the molecule is C=C(C(=O)O)c1ccc(OCCCCCCCCCCOC(CC)(OCCCCCCCCCCOc2ccc(C(=C)C(=O)O)cc2)OCCCCCCCCCCOc2ccc(C(=C)C(=O)O)cc2)cc1. The van der Waals surface area contributed by atoms with E-state index in [1.165, 1.54) is 77.0 Å². The van der Waals surface area contributed by atoms with Gasteiger partial charge >= 0.3 is 17.9 Å². The van der Waals surface area contributed by atoms with E-state index in [1.807, 2.05) is 0 Å². The maximum absolute atomic E-state index is 11.1. The Balaban J connectivity index is 1.26. The van der Waals surface area contributed by atoms with Gasteiger partial charge < -0.3 is 43.7 Å². The zero-order chi connectivity index (χ0) is 52.1. The average molecular weight is 999 g/mol.